The van der Waals surface area contributed by atoms with E-state index in [1.807, 2.05) is 0 Å². The minimum atomic E-state index is -0.544. The van der Waals surface area contributed by atoms with Gasteiger partial charge in [-0.25, -0.2) is 0 Å². The van der Waals surface area contributed by atoms with Gasteiger partial charge < -0.3 is 14.1 Å². The first-order valence-corrected chi connectivity index (χ1v) is 19.1. The van der Waals surface area contributed by atoms with Gasteiger partial charge in [0.05, 0.1) is 5.41 Å². The van der Waals surface area contributed by atoms with Crippen molar-refractivity contribution in [3.05, 3.63) is 209 Å². The number of para-hydroxylation sites is 3. The molecular weight excluding hydrogens is 671 g/mol. The van der Waals surface area contributed by atoms with E-state index in [4.69, 9.17) is 9.15 Å². The van der Waals surface area contributed by atoms with Crippen LogP contribution in [0.2, 0.25) is 0 Å². The maximum absolute atomic E-state index is 6.73. The molecule has 0 unspecified atom stereocenters. The first-order chi connectivity index (χ1) is 27.0. The Morgan fingerprint density at radius 3 is 1.69 bits per heavy atom. The van der Waals surface area contributed by atoms with Gasteiger partial charge in [-0.05, 0) is 111 Å². The number of rotatable bonds is 3. The highest BCUT2D eigenvalue weighted by Gasteiger charge is 2.51. The van der Waals surface area contributed by atoms with E-state index in [0.717, 1.165) is 61.6 Å². The number of hydrogen-bond donors (Lipinski definition) is 0. The number of nitrogens with zero attached hydrogens (tertiary/aromatic N) is 1. The van der Waals surface area contributed by atoms with Crippen LogP contribution in [0.15, 0.2) is 180 Å². The van der Waals surface area contributed by atoms with Crippen molar-refractivity contribution in [3.63, 3.8) is 0 Å². The molecule has 2 aliphatic carbocycles. The molecule has 0 amide bonds. The molecule has 8 aromatic carbocycles. The van der Waals surface area contributed by atoms with Crippen LogP contribution in [0.5, 0.6) is 11.5 Å². The minimum absolute atomic E-state index is 0.107. The normalized spacial score (nSPS) is 14.8. The van der Waals surface area contributed by atoms with Crippen molar-refractivity contribution >= 4 is 39.0 Å². The third kappa shape index (κ3) is 4.00. The molecule has 1 aliphatic heterocycles. The molecule has 260 valence electrons. The molecule has 55 heavy (non-hydrogen) atoms. The average molecular weight is 706 g/mol. The standard InChI is InChI=1S/C52H35NO2/c1-51(2)41-18-8-6-16-35(41)37-26-24-34(29-45(37)51)53(32-14-4-3-5-15-32)33-25-27-47-39(28-33)40-30-46-38(31-50(40)54-47)36-17-7-9-19-42(36)52(46)43-20-10-12-22-48(43)55-49-23-13-11-21-44(49)52/h3-31H,1-2H3. The van der Waals surface area contributed by atoms with Crippen LogP contribution in [-0.4, -0.2) is 0 Å². The molecule has 1 spiro atoms. The molecule has 9 aromatic rings. The summed E-state index contributed by atoms with van der Waals surface area (Å²) < 4.78 is 13.3. The quantitative estimate of drug-likeness (QED) is 0.183. The predicted octanol–water partition coefficient (Wildman–Crippen LogP) is 13.8. The molecule has 0 radical (unpaired) electrons. The van der Waals surface area contributed by atoms with E-state index in [0.29, 0.717) is 0 Å². The maximum atomic E-state index is 6.73. The maximum Gasteiger partial charge on any atom is 0.136 e. The zero-order valence-corrected chi connectivity index (χ0v) is 30.5. The van der Waals surface area contributed by atoms with Gasteiger partial charge in [0.2, 0.25) is 0 Å². The van der Waals surface area contributed by atoms with Crippen LogP contribution in [-0.2, 0) is 10.8 Å². The molecule has 12 rings (SSSR count). The molecule has 3 aliphatic rings. The third-order valence-corrected chi connectivity index (χ3v) is 12.5. The lowest BCUT2D eigenvalue weighted by Gasteiger charge is -2.39. The fourth-order valence-electron chi connectivity index (χ4n) is 10.1. The predicted molar refractivity (Wildman–Crippen MR) is 223 cm³/mol. The Labute approximate surface area is 319 Å². The van der Waals surface area contributed by atoms with Crippen molar-refractivity contribution in [2.24, 2.45) is 0 Å². The Bertz CT molecular complexity index is 3010. The molecule has 0 saturated carbocycles. The van der Waals surface area contributed by atoms with E-state index in [1.54, 1.807) is 0 Å². The fourth-order valence-corrected chi connectivity index (χ4v) is 10.1. The number of benzene rings is 8. The van der Waals surface area contributed by atoms with Crippen LogP contribution in [0, 0.1) is 0 Å². The fraction of sp³-hybridized carbons (Fsp3) is 0.0769. The summed E-state index contributed by atoms with van der Waals surface area (Å²) in [4.78, 5) is 2.38. The largest absolute Gasteiger partial charge is 0.457 e. The molecule has 0 fully saturated rings. The molecular formula is C52H35NO2. The Balaban J connectivity index is 1.09. The average Bonchev–Trinajstić information content (AvgIpc) is 3.81. The van der Waals surface area contributed by atoms with Gasteiger partial charge in [-0.3, -0.25) is 0 Å². The van der Waals surface area contributed by atoms with E-state index < -0.39 is 5.41 Å². The Kier molecular flexibility index (Phi) is 6.05. The summed E-state index contributed by atoms with van der Waals surface area (Å²) in [5.41, 5.74) is 17.0. The molecule has 3 nitrogen and oxygen atoms in total. The van der Waals surface area contributed by atoms with Crippen LogP contribution in [0.4, 0.5) is 17.1 Å². The van der Waals surface area contributed by atoms with Crippen molar-refractivity contribution in [2.45, 2.75) is 24.7 Å². The van der Waals surface area contributed by atoms with Crippen molar-refractivity contribution in [2.75, 3.05) is 4.90 Å². The van der Waals surface area contributed by atoms with E-state index in [2.05, 4.69) is 195 Å². The second-order valence-electron chi connectivity index (χ2n) is 15.6. The molecule has 2 heterocycles. The zero-order chi connectivity index (χ0) is 36.5. The highest BCUT2D eigenvalue weighted by Crippen LogP contribution is 2.63. The summed E-state index contributed by atoms with van der Waals surface area (Å²) >= 11 is 0. The monoisotopic (exact) mass is 705 g/mol. The Morgan fingerprint density at radius 2 is 0.945 bits per heavy atom. The number of hydrogen-bond acceptors (Lipinski definition) is 3. The van der Waals surface area contributed by atoms with Gasteiger partial charge in [0.25, 0.3) is 0 Å². The number of fused-ring (bicyclic) bond motifs is 15. The first kappa shape index (κ1) is 30.6. The second kappa shape index (κ2) is 10.9. The first-order valence-electron chi connectivity index (χ1n) is 19.1. The lowest BCUT2D eigenvalue weighted by atomic mass is 9.66. The number of furan rings is 1. The molecule has 0 atom stereocenters. The van der Waals surface area contributed by atoms with Gasteiger partial charge in [-0.1, -0.05) is 123 Å². The SMILES string of the molecule is CC1(C)c2ccccc2-c2ccc(N(c3ccccc3)c3ccc4oc5cc6c(cc5c4c3)C3(c4ccccc4Oc4ccccc43)c3ccccc3-6)cc21. The summed E-state index contributed by atoms with van der Waals surface area (Å²) in [6.07, 6.45) is 0. The van der Waals surface area contributed by atoms with E-state index >= 15 is 0 Å². The Morgan fingerprint density at radius 1 is 0.382 bits per heavy atom. The van der Waals surface area contributed by atoms with Crippen molar-refractivity contribution in [3.8, 4) is 33.8 Å². The zero-order valence-electron chi connectivity index (χ0n) is 30.5. The third-order valence-electron chi connectivity index (χ3n) is 12.5. The summed E-state index contributed by atoms with van der Waals surface area (Å²) in [5, 5.41) is 2.19. The molecule has 1 aromatic heterocycles. The smallest absolute Gasteiger partial charge is 0.136 e. The summed E-state index contributed by atoms with van der Waals surface area (Å²) in [6.45, 7) is 4.69. The van der Waals surface area contributed by atoms with Gasteiger partial charge in [0, 0.05) is 44.4 Å². The van der Waals surface area contributed by atoms with Gasteiger partial charge in [-0.15, -0.1) is 0 Å². The van der Waals surface area contributed by atoms with Crippen LogP contribution < -0.4 is 9.64 Å². The highest BCUT2D eigenvalue weighted by atomic mass is 16.5. The lowest BCUT2D eigenvalue weighted by molar-refractivity contribution is 0.436. The molecule has 0 N–H and O–H groups in total. The van der Waals surface area contributed by atoms with E-state index in [9.17, 15) is 0 Å². The lowest BCUT2D eigenvalue weighted by Crippen LogP contribution is -2.32. The summed E-state index contributed by atoms with van der Waals surface area (Å²) in [7, 11) is 0. The van der Waals surface area contributed by atoms with Crippen molar-refractivity contribution < 1.29 is 9.15 Å². The van der Waals surface area contributed by atoms with E-state index in [-0.39, 0.29) is 5.41 Å². The Hall–Kier alpha value is -6.84. The van der Waals surface area contributed by atoms with Gasteiger partial charge in [0.1, 0.15) is 22.7 Å². The van der Waals surface area contributed by atoms with Gasteiger partial charge in [0.15, 0.2) is 0 Å². The van der Waals surface area contributed by atoms with E-state index in [1.165, 1.54) is 44.5 Å². The molecule has 0 bridgehead atoms. The van der Waals surface area contributed by atoms with Crippen molar-refractivity contribution in [1.29, 1.82) is 0 Å². The van der Waals surface area contributed by atoms with Crippen LogP contribution >= 0.6 is 0 Å². The van der Waals surface area contributed by atoms with Crippen LogP contribution in [0.25, 0.3) is 44.2 Å². The summed E-state index contributed by atoms with van der Waals surface area (Å²) in [6, 6.07) is 63.8. The number of anilines is 3. The van der Waals surface area contributed by atoms with Crippen LogP contribution in [0.3, 0.4) is 0 Å². The van der Waals surface area contributed by atoms with Crippen LogP contribution in [0.1, 0.15) is 47.2 Å². The van der Waals surface area contributed by atoms with Gasteiger partial charge in [-0.2, -0.15) is 0 Å². The topological polar surface area (TPSA) is 25.6 Å². The minimum Gasteiger partial charge on any atom is -0.457 e. The van der Waals surface area contributed by atoms with Crippen molar-refractivity contribution in [1.82, 2.24) is 0 Å². The second-order valence-corrected chi connectivity index (χ2v) is 15.6. The molecule has 3 heteroatoms. The highest BCUT2D eigenvalue weighted by molar-refractivity contribution is 6.09. The van der Waals surface area contributed by atoms with Gasteiger partial charge >= 0.3 is 0 Å². The summed E-state index contributed by atoms with van der Waals surface area (Å²) in [5.74, 6) is 1.78. The molecule has 0 saturated heterocycles. The number of ether oxygens (including phenoxy) is 1.